The van der Waals surface area contributed by atoms with E-state index in [0.717, 1.165) is 16.9 Å². The molecule has 0 saturated carbocycles. The molecule has 0 heterocycles. The topological polar surface area (TPSA) is 3.24 Å². The van der Waals surface area contributed by atoms with E-state index < -0.39 is 0 Å². The molecule has 0 aromatic heterocycles. The average molecular weight is 280 g/mol. The first-order chi connectivity index (χ1) is 8.61. The normalized spacial score (nSPS) is 10.4. The van der Waals surface area contributed by atoms with Crippen LogP contribution in [0.5, 0.6) is 0 Å². The molecule has 0 aliphatic carbocycles. The lowest BCUT2D eigenvalue weighted by Gasteiger charge is -2.22. The van der Waals surface area contributed by atoms with Crippen LogP contribution in [0.4, 0.5) is 11.4 Å². The van der Waals surface area contributed by atoms with Gasteiger partial charge in [-0.15, -0.1) is 11.6 Å². The molecule has 0 radical (unpaired) electrons. The molecule has 2 aromatic rings. The summed E-state index contributed by atoms with van der Waals surface area (Å²) in [6.07, 6.45) is 0. The van der Waals surface area contributed by atoms with Crippen molar-refractivity contribution in [3.05, 3.63) is 58.6 Å². The van der Waals surface area contributed by atoms with Gasteiger partial charge in [-0.3, -0.25) is 0 Å². The average Bonchev–Trinajstić information content (AvgIpc) is 2.37. The molecule has 0 unspecified atom stereocenters. The van der Waals surface area contributed by atoms with Crippen molar-refractivity contribution in [2.45, 2.75) is 12.8 Å². The van der Waals surface area contributed by atoms with Crippen LogP contribution in [0.3, 0.4) is 0 Å². The van der Waals surface area contributed by atoms with Gasteiger partial charge >= 0.3 is 0 Å². The van der Waals surface area contributed by atoms with Crippen LogP contribution in [0.1, 0.15) is 11.1 Å². The van der Waals surface area contributed by atoms with Gasteiger partial charge in [0.05, 0.1) is 0 Å². The first-order valence-electron chi connectivity index (χ1n) is 5.76. The molecule has 0 saturated heterocycles. The van der Waals surface area contributed by atoms with Crippen molar-refractivity contribution < 1.29 is 0 Å². The van der Waals surface area contributed by atoms with E-state index in [1.807, 2.05) is 25.2 Å². The predicted octanol–water partition coefficient (Wildman–Crippen LogP) is 5.16. The van der Waals surface area contributed by atoms with Gasteiger partial charge in [-0.1, -0.05) is 23.7 Å². The first kappa shape index (κ1) is 13.3. The quantitative estimate of drug-likeness (QED) is 0.702. The summed E-state index contributed by atoms with van der Waals surface area (Å²) in [7, 11) is 2.04. The molecule has 0 aliphatic rings. The molecule has 3 heteroatoms. The maximum atomic E-state index is 5.99. The summed E-state index contributed by atoms with van der Waals surface area (Å²) in [6.45, 7) is 2.08. The largest absolute Gasteiger partial charge is 0.344 e. The minimum atomic E-state index is 0.450. The number of halogens is 2. The highest BCUT2D eigenvalue weighted by Crippen LogP contribution is 2.30. The molecule has 1 nitrogen and oxygen atoms in total. The van der Waals surface area contributed by atoms with Crippen LogP contribution in [0.15, 0.2) is 42.5 Å². The Bertz CT molecular complexity index is 552. The summed E-state index contributed by atoms with van der Waals surface area (Å²) in [5, 5.41) is 0.715. The maximum Gasteiger partial charge on any atom is 0.0495 e. The number of anilines is 2. The van der Waals surface area contributed by atoms with Crippen molar-refractivity contribution in [3.8, 4) is 0 Å². The fraction of sp³-hybridized carbons (Fsp3) is 0.200. The van der Waals surface area contributed by atoms with Gasteiger partial charge in [-0.2, -0.15) is 0 Å². The number of benzene rings is 2. The SMILES string of the molecule is Cc1cccc(N(C)c2ccc(Cl)cc2CCl)c1. The molecule has 0 bridgehead atoms. The number of rotatable bonds is 3. The monoisotopic (exact) mass is 279 g/mol. The Morgan fingerprint density at radius 1 is 1.11 bits per heavy atom. The van der Waals surface area contributed by atoms with Gasteiger partial charge in [0.2, 0.25) is 0 Å². The molecular weight excluding hydrogens is 265 g/mol. The third kappa shape index (κ3) is 2.80. The lowest BCUT2D eigenvalue weighted by atomic mass is 10.1. The standard InChI is InChI=1S/C15H15Cl2N/c1-11-4-3-5-14(8-11)18(2)15-7-6-13(17)9-12(15)10-16/h3-9H,10H2,1-2H3. The van der Waals surface area contributed by atoms with Crippen molar-refractivity contribution in [3.63, 3.8) is 0 Å². The van der Waals surface area contributed by atoms with Gasteiger partial charge < -0.3 is 4.90 Å². The van der Waals surface area contributed by atoms with Crippen LogP contribution in [-0.2, 0) is 5.88 Å². The number of hydrogen-bond donors (Lipinski definition) is 0. The number of nitrogens with zero attached hydrogens (tertiary/aromatic N) is 1. The van der Waals surface area contributed by atoms with Gasteiger partial charge in [-0.25, -0.2) is 0 Å². The number of hydrogen-bond acceptors (Lipinski definition) is 1. The van der Waals surface area contributed by atoms with Crippen LogP contribution < -0.4 is 4.90 Å². The molecule has 0 atom stereocenters. The van der Waals surface area contributed by atoms with E-state index in [2.05, 4.69) is 36.1 Å². The second-order valence-electron chi connectivity index (χ2n) is 4.30. The van der Waals surface area contributed by atoms with E-state index in [4.69, 9.17) is 23.2 Å². The second kappa shape index (κ2) is 5.64. The zero-order valence-electron chi connectivity index (χ0n) is 10.5. The van der Waals surface area contributed by atoms with Gasteiger partial charge in [0, 0.05) is 29.3 Å². The summed E-state index contributed by atoms with van der Waals surface area (Å²) in [4.78, 5) is 2.13. The molecular formula is C15H15Cl2N. The van der Waals surface area contributed by atoms with E-state index in [-0.39, 0.29) is 0 Å². The smallest absolute Gasteiger partial charge is 0.0495 e. The minimum absolute atomic E-state index is 0.450. The highest BCUT2D eigenvalue weighted by atomic mass is 35.5. The Labute approximate surface area is 118 Å². The van der Waals surface area contributed by atoms with Crippen LogP contribution in [0.25, 0.3) is 0 Å². The molecule has 0 N–H and O–H groups in total. The van der Waals surface area contributed by atoms with E-state index in [1.165, 1.54) is 5.56 Å². The Morgan fingerprint density at radius 2 is 1.89 bits per heavy atom. The van der Waals surface area contributed by atoms with E-state index in [1.54, 1.807) is 0 Å². The molecule has 18 heavy (non-hydrogen) atoms. The summed E-state index contributed by atoms with van der Waals surface area (Å²) >= 11 is 12.0. The summed E-state index contributed by atoms with van der Waals surface area (Å²) in [5.74, 6) is 0.450. The molecule has 0 aliphatic heterocycles. The Balaban J connectivity index is 2.42. The fourth-order valence-electron chi connectivity index (χ4n) is 1.96. The number of alkyl halides is 1. The molecule has 0 spiro atoms. The maximum absolute atomic E-state index is 5.99. The van der Waals surface area contributed by atoms with Crippen molar-refractivity contribution in [1.82, 2.24) is 0 Å². The van der Waals surface area contributed by atoms with Crippen molar-refractivity contribution >= 4 is 34.6 Å². The fourth-order valence-corrected chi connectivity index (χ4v) is 2.37. The Hall–Kier alpha value is -1.18. The van der Waals surface area contributed by atoms with Gasteiger partial charge in [0.25, 0.3) is 0 Å². The summed E-state index contributed by atoms with van der Waals surface area (Å²) in [5.41, 5.74) is 4.50. The van der Waals surface area contributed by atoms with E-state index >= 15 is 0 Å². The first-order valence-corrected chi connectivity index (χ1v) is 6.68. The highest BCUT2D eigenvalue weighted by molar-refractivity contribution is 6.30. The molecule has 94 valence electrons. The third-order valence-corrected chi connectivity index (χ3v) is 3.46. The zero-order chi connectivity index (χ0) is 13.1. The predicted molar refractivity (Wildman–Crippen MR) is 80.3 cm³/mol. The van der Waals surface area contributed by atoms with Crippen molar-refractivity contribution in [1.29, 1.82) is 0 Å². The Morgan fingerprint density at radius 3 is 2.56 bits per heavy atom. The second-order valence-corrected chi connectivity index (χ2v) is 5.01. The van der Waals surface area contributed by atoms with E-state index in [0.29, 0.717) is 10.9 Å². The number of aryl methyl sites for hydroxylation is 1. The van der Waals surface area contributed by atoms with Crippen LogP contribution in [-0.4, -0.2) is 7.05 Å². The summed E-state index contributed by atoms with van der Waals surface area (Å²) in [6, 6.07) is 14.2. The highest BCUT2D eigenvalue weighted by Gasteiger charge is 2.09. The van der Waals surface area contributed by atoms with Crippen LogP contribution in [0, 0.1) is 6.92 Å². The van der Waals surface area contributed by atoms with Crippen LogP contribution >= 0.6 is 23.2 Å². The van der Waals surface area contributed by atoms with Gasteiger partial charge in [0.1, 0.15) is 0 Å². The summed E-state index contributed by atoms with van der Waals surface area (Å²) < 4.78 is 0. The molecule has 2 rings (SSSR count). The van der Waals surface area contributed by atoms with Gasteiger partial charge in [0.15, 0.2) is 0 Å². The van der Waals surface area contributed by atoms with Crippen molar-refractivity contribution in [2.75, 3.05) is 11.9 Å². The molecule has 0 fully saturated rings. The molecule has 2 aromatic carbocycles. The van der Waals surface area contributed by atoms with E-state index in [9.17, 15) is 0 Å². The lowest BCUT2D eigenvalue weighted by Crippen LogP contribution is -2.11. The van der Waals surface area contributed by atoms with Crippen LogP contribution in [0.2, 0.25) is 5.02 Å². The Kier molecular flexibility index (Phi) is 4.15. The molecule has 0 amide bonds. The zero-order valence-corrected chi connectivity index (χ0v) is 12.0. The van der Waals surface area contributed by atoms with Crippen molar-refractivity contribution in [2.24, 2.45) is 0 Å². The minimum Gasteiger partial charge on any atom is -0.344 e. The third-order valence-electron chi connectivity index (χ3n) is 2.94. The lowest BCUT2D eigenvalue weighted by molar-refractivity contribution is 1.17. The van der Waals surface area contributed by atoms with Gasteiger partial charge in [-0.05, 0) is 48.4 Å².